The predicted octanol–water partition coefficient (Wildman–Crippen LogP) is 2.19. The van der Waals surface area contributed by atoms with Crippen LogP contribution in [-0.4, -0.2) is 41.4 Å². The lowest BCUT2D eigenvalue weighted by molar-refractivity contribution is -0.384. The monoisotopic (exact) mass is 322 g/mol. The smallest absolute Gasteiger partial charge is 0.318 e. The summed E-state index contributed by atoms with van der Waals surface area (Å²) in [5, 5.41) is 10.7. The molecule has 0 heterocycles. The average molecular weight is 322 g/mol. The molecule has 0 aliphatic carbocycles. The van der Waals surface area contributed by atoms with Crippen LogP contribution in [0.5, 0.6) is 0 Å². The van der Waals surface area contributed by atoms with Gasteiger partial charge in [0.2, 0.25) is 5.91 Å². The molecular formula is C16H22N2O5. The van der Waals surface area contributed by atoms with Crippen LogP contribution in [0.3, 0.4) is 0 Å². The first-order valence-corrected chi connectivity index (χ1v) is 7.63. The molecule has 1 atom stereocenters. The normalized spacial score (nSPS) is 11.6. The molecule has 0 fully saturated rings. The Hall–Kier alpha value is -2.44. The molecule has 1 aromatic carbocycles. The van der Waals surface area contributed by atoms with Gasteiger partial charge in [0, 0.05) is 25.2 Å². The van der Waals surface area contributed by atoms with E-state index in [4.69, 9.17) is 4.74 Å². The highest BCUT2D eigenvalue weighted by atomic mass is 16.6. The molecule has 126 valence electrons. The zero-order valence-electron chi connectivity index (χ0n) is 13.7. The summed E-state index contributed by atoms with van der Waals surface area (Å²) in [7, 11) is 0. The number of esters is 1. The largest absolute Gasteiger partial charge is 0.465 e. The molecule has 0 saturated carbocycles. The van der Waals surface area contributed by atoms with Crippen LogP contribution in [0.15, 0.2) is 24.3 Å². The van der Waals surface area contributed by atoms with Crippen LogP contribution in [0.25, 0.3) is 0 Å². The molecule has 0 aliphatic rings. The van der Waals surface area contributed by atoms with E-state index in [2.05, 4.69) is 0 Å². The first kappa shape index (κ1) is 18.6. The van der Waals surface area contributed by atoms with Crippen LogP contribution >= 0.6 is 0 Å². The van der Waals surface area contributed by atoms with Crippen molar-refractivity contribution in [1.29, 1.82) is 0 Å². The number of ether oxygens (including phenoxy) is 1. The average Bonchev–Trinajstić information content (AvgIpc) is 2.54. The molecule has 1 amide bonds. The quantitative estimate of drug-likeness (QED) is 0.317. The molecule has 23 heavy (non-hydrogen) atoms. The van der Waals surface area contributed by atoms with E-state index in [0.29, 0.717) is 18.7 Å². The van der Waals surface area contributed by atoms with Crippen LogP contribution in [0.1, 0.15) is 26.3 Å². The van der Waals surface area contributed by atoms with Gasteiger partial charge in [0.25, 0.3) is 5.69 Å². The van der Waals surface area contributed by atoms with Crippen molar-refractivity contribution in [2.75, 3.05) is 19.7 Å². The van der Waals surface area contributed by atoms with Gasteiger partial charge in [-0.3, -0.25) is 19.7 Å². The molecule has 0 radical (unpaired) electrons. The number of non-ortho nitro benzene ring substituents is 1. The zero-order valence-corrected chi connectivity index (χ0v) is 13.7. The Balaban J connectivity index is 2.98. The maximum absolute atomic E-state index is 12.5. The summed E-state index contributed by atoms with van der Waals surface area (Å²) in [6.45, 7) is 6.58. The summed E-state index contributed by atoms with van der Waals surface area (Å²) in [6.07, 6.45) is 0.159. The first-order valence-electron chi connectivity index (χ1n) is 7.63. The highest BCUT2D eigenvalue weighted by Gasteiger charge is 2.31. The van der Waals surface area contributed by atoms with E-state index in [-0.39, 0.29) is 24.6 Å². The molecular weight excluding hydrogens is 300 g/mol. The van der Waals surface area contributed by atoms with Gasteiger partial charge in [0.1, 0.15) is 5.92 Å². The van der Waals surface area contributed by atoms with E-state index in [1.54, 1.807) is 24.0 Å². The van der Waals surface area contributed by atoms with Crippen molar-refractivity contribution in [3.63, 3.8) is 0 Å². The number of hydrogen-bond acceptors (Lipinski definition) is 5. The van der Waals surface area contributed by atoms with E-state index < -0.39 is 16.8 Å². The molecule has 7 heteroatoms. The van der Waals surface area contributed by atoms with Crippen molar-refractivity contribution < 1.29 is 19.2 Å². The SMILES string of the molecule is CCOC(=O)C(Cc1ccc([N+](=O)[O-])cc1)C(=O)N(CC)CC. The van der Waals surface area contributed by atoms with Crippen LogP contribution in [-0.2, 0) is 20.7 Å². The molecule has 0 spiro atoms. The third-order valence-corrected chi connectivity index (χ3v) is 3.53. The molecule has 0 aromatic heterocycles. The fourth-order valence-electron chi connectivity index (χ4n) is 2.26. The number of carbonyl (C=O) groups is 2. The Morgan fingerprint density at radius 1 is 1.17 bits per heavy atom. The fourth-order valence-corrected chi connectivity index (χ4v) is 2.26. The summed E-state index contributed by atoms with van der Waals surface area (Å²) in [6, 6.07) is 5.83. The summed E-state index contributed by atoms with van der Waals surface area (Å²) >= 11 is 0. The highest BCUT2D eigenvalue weighted by molar-refractivity contribution is 5.98. The maximum Gasteiger partial charge on any atom is 0.318 e. The summed E-state index contributed by atoms with van der Waals surface area (Å²) in [5.41, 5.74) is 0.644. The van der Waals surface area contributed by atoms with Crippen molar-refractivity contribution >= 4 is 17.6 Å². The lowest BCUT2D eigenvalue weighted by Gasteiger charge is -2.24. The number of benzene rings is 1. The topological polar surface area (TPSA) is 89.7 Å². The number of hydrogen-bond donors (Lipinski definition) is 0. The third kappa shape index (κ3) is 5.05. The minimum absolute atomic E-state index is 0.0310. The second kappa shape index (κ2) is 8.87. The maximum atomic E-state index is 12.5. The van der Waals surface area contributed by atoms with Crippen molar-refractivity contribution in [2.45, 2.75) is 27.2 Å². The van der Waals surface area contributed by atoms with Gasteiger partial charge >= 0.3 is 5.97 Å². The van der Waals surface area contributed by atoms with Gasteiger partial charge in [0.05, 0.1) is 11.5 Å². The Bertz CT molecular complexity index is 552. The van der Waals surface area contributed by atoms with E-state index in [9.17, 15) is 19.7 Å². The molecule has 1 unspecified atom stereocenters. The van der Waals surface area contributed by atoms with E-state index in [1.807, 2.05) is 13.8 Å². The van der Waals surface area contributed by atoms with Crippen LogP contribution in [0, 0.1) is 16.0 Å². The lowest BCUT2D eigenvalue weighted by atomic mass is 9.97. The van der Waals surface area contributed by atoms with E-state index in [1.165, 1.54) is 12.1 Å². The third-order valence-electron chi connectivity index (χ3n) is 3.53. The molecule has 0 aliphatic heterocycles. The lowest BCUT2D eigenvalue weighted by Crippen LogP contribution is -2.41. The van der Waals surface area contributed by atoms with Crippen molar-refractivity contribution in [3.8, 4) is 0 Å². The second-order valence-electron chi connectivity index (χ2n) is 4.94. The van der Waals surface area contributed by atoms with Gasteiger partial charge in [-0.25, -0.2) is 0 Å². The Kier molecular flexibility index (Phi) is 7.18. The molecule has 0 N–H and O–H groups in total. The van der Waals surface area contributed by atoms with Crippen molar-refractivity contribution in [3.05, 3.63) is 39.9 Å². The fraction of sp³-hybridized carbons (Fsp3) is 0.500. The van der Waals surface area contributed by atoms with Crippen LogP contribution < -0.4 is 0 Å². The summed E-state index contributed by atoms with van der Waals surface area (Å²) in [5.74, 6) is -1.79. The number of nitro benzene ring substituents is 1. The van der Waals surface area contributed by atoms with Gasteiger partial charge in [-0.05, 0) is 32.8 Å². The van der Waals surface area contributed by atoms with Gasteiger partial charge in [0.15, 0.2) is 0 Å². The minimum Gasteiger partial charge on any atom is -0.465 e. The van der Waals surface area contributed by atoms with Crippen molar-refractivity contribution in [1.82, 2.24) is 4.90 Å². The minimum atomic E-state index is -0.934. The number of amides is 1. The standard InChI is InChI=1S/C16H22N2O5/c1-4-17(5-2)15(19)14(16(20)23-6-3)11-12-7-9-13(10-8-12)18(21)22/h7-10,14H,4-6,11H2,1-3H3. The highest BCUT2D eigenvalue weighted by Crippen LogP contribution is 2.17. The van der Waals surface area contributed by atoms with Crippen molar-refractivity contribution in [2.24, 2.45) is 5.92 Å². The van der Waals surface area contributed by atoms with Gasteiger partial charge in [-0.2, -0.15) is 0 Å². The molecule has 1 rings (SSSR count). The van der Waals surface area contributed by atoms with Crippen LogP contribution in [0.4, 0.5) is 5.69 Å². The van der Waals surface area contributed by atoms with Gasteiger partial charge < -0.3 is 9.64 Å². The first-order chi connectivity index (χ1) is 10.9. The molecule has 0 saturated heterocycles. The number of nitro groups is 1. The number of carbonyl (C=O) groups excluding carboxylic acids is 2. The van der Waals surface area contributed by atoms with Crippen LogP contribution in [0.2, 0.25) is 0 Å². The summed E-state index contributed by atoms with van der Waals surface area (Å²) in [4.78, 5) is 36.4. The van der Waals surface area contributed by atoms with E-state index >= 15 is 0 Å². The second-order valence-corrected chi connectivity index (χ2v) is 4.94. The molecule has 0 bridgehead atoms. The summed E-state index contributed by atoms with van der Waals surface area (Å²) < 4.78 is 5.00. The Morgan fingerprint density at radius 3 is 2.17 bits per heavy atom. The molecule has 1 aromatic rings. The Morgan fingerprint density at radius 2 is 1.74 bits per heavy atom. The number of nitrogens with zero attached hydrogens (tertiary/aromatic N) is 2. The Labute approximate surface area is 135 Å². The molecule has 7 nitrogen and oxygen atoms in total. The van der Waals surface area contributed by atoms with E-state index in [0.717, 1.165) is 0 Å². The number of rotatable bonds is 8. The van der Waals surface area contributed by atoms with Gasteiger partial charge in [-0.15, -0.1) is 0 Å². The predicted molar refractivity (Wildman–Crippen MR) is 84.9 cm³/mol. The zero-order chi connectivity index (χ0) is 17.4. The van der Waals surface area contributed by atoms with Gasteiger partial charge in [-0.1, -0.05) is 12.1 Å².